The van der Waals surface area contributed by atoms with Gasteiger partial charge in [-0.15, -0.1) is 0 Å². The minimum Gasteiger partial charge on any atom is -0.454 e. The molecule has 0 saturated carbocycles. The molecule has 3 atom stereocenters. The van der Waals surface area contributed by atoms with Crippen LogP contribution in [0.2, 0.25) is 18.1 Å². The summed E-state index contributed by atoms with van der Waals surface area (Å²) in [4.78, 5) is 0. The predicted octanol–water partition coefficient (Wildman–Crippen LogP) is 5.12. The Hall–Kier alpha value is -0.823. The second-order valence-corrected chi connectivity index (χ2v) is 14.7. The Balaban J connectivity index is 1.75. The third kappa shape index (κ3) is 2.86. The summed E-state index contributed by atoms with van der Waals surface area (Å²) >= 11 is 3.72. The highest BCUT2D eigenvalue weighted by atomic mass is 79.9. The van der Waals surface area contributed by atoms with Gasteiger partial charge in [0.25, 0.3) is 0 Å². The fourth-order valence-corrected chi connectivity index (χ4v) is 5.79. The number of halogens is 1. The van der Waals surface area contributed by atoms with Gasteiger partial charge in [0.05, 0.1) is 24.2 Å². The van der Waals surface area contributed by atoms with Gasteiger partial charge < -0.3 is 18.6 Å². The van der Waals surface area contributed by atoms with Crippen LogP contribution in [0.5, 0.6) is 11.5 Å². The number of rotatable bonds is 3. The molecule has 1 aromatic carbocycles. The minimum absolute atomic E-state index is 0.0978. The molecule has 5 rings (SSSR count). The summed E-state index contributed by atoms with van der Waals surface area (Å²) in [6, 6.07) is 6.22. The number of fused-ring (bicyclic) bond motifs is 3. The summed E-state index contributed by atoms with van der Waals surface area (Å²) < 4.78 is 25.3. The molecular weight excluding hydrogens is 412 g/mol. The van der Waals surface area contributed by atoms with Crippen LogP contribution in [-0.4, -0.2) is 33.9 Å². The molecule has 1 aliphatic carbocycles. The average molecular weight is 439 g/mol. The Kier molecular flexibility index (Phi) is 4.34. The second-order valence-electron chi connectivity index (χ2n) is 9.04. The monoisotopic (exact) mass is 438 g/mol. The van der Waals surface area contributed by atoms with Crippen LogP contribution in [0.25, 0.3) is 0 Å². The molecule has 1 saturated heterocycles. The topological polar surface area (TPSA) is 36.9 Å². The van der Waals surface area contributed by atoms with Crippen molar-refractivity contribution in [3.8, 4) is 11.5 Å². The Bertz CT molecular complexity index is 755. The van der Waals surface area contributed by atoms with Crippen molar-refractivity contribution in [1.29, 1.82) is 0 Å². The summed E-state index contributed by atoms with van der Waals surface area (Å²) in [6.07, 6.45) is 3.38. The Morgan fingerprint density at radius 1 is 1.19 bits per heavy atom. The molecule has 26 heavy (non-hydrogen) atoms. The van der Waals surface area contributed by atoms with Crippen molar-refractivity contribution in [2.75, 3.05) is 13.4 Å². The van der Waals surface area contributed by atoms with Crippen LogP contribution in [0.1, 0.15) is 32.8 Å². The molecule has 3 heterocycles. The first-order chi connectivity index (χ1) is 12.1. The maximum atomic E-state index is 6.92. The molecule has 0 aromatic heterocycles. The summed E-state index contributed by atoms with van der Waals surface area (Å²) in [5.41, 5.74) is 0.866. The van der Waals surface area contributed by atoms with Crippen LogP contribution in [-0.2, 0) is 14.6 Å². The third-order valence-electron chi connectivity index (χ3n) is 6.38. The maximum absolute atomic E-state index is 6.92. The Morgan fingerprint density at radius 2 is 1.92 bits per heavy atom. The van der Waals surface area contributed by atoms with E-state index in [4.69, 9.17) is 18.6 Å². The zero-order valence-electron chi connectivity index (χ0n) is 16.1. The van der Waals surface area contributed by atoms with E-state index in [2.05, 4.69) is 68.0 Å². The molecular formula is C20H27BrO4Si. The normalized spacial score (nSPS) is 30.5. The largest absolute Gasteiger partial charge is 0.454 e. The van der Waals surface area contributed by atoms with Gasteiger partial charge in [0.2, 0.25) is 6.79 Å². The molecule has 0 N–H and O–H groups in total. The van der Waals surface area contributed by atoms with Gasteiger partial charge in [-0.1, -0.05) is 48.8 Å². The van der Waals surface area contributed by atoms with E-state index in [1.54, 1.807) is 0 Å². The van der Waals surface area contributed by atoms with Crippen molar-refractivity contribution in [2.24, 2.45) is 0 Å². The van der Waals surface area contributed by atoms with Gasteiger partial charge in [-0.05, 0) is 35.8 Å². The van der Waals surface area contributed by atoms with Crippen LogP contribution in [0.4, 0.5) is 0 Å². The van der Waals surface area contributed by atoms with Crippen molar-refractivity contribution in [3.05, 3.63) is 34.3 Å². The van der Waals surface area contributed by atoms with Gasteiger partial charge in [0.15, 0.2) is 19.8 Å². The van der Waals surface area contributed by atoms with Crippen LogP contribution >= 0.6 is 15.9 Å². The number of benzene rings is 1. The van der Waals surface area contributed by atoms with E-state index >= 15 is 0 Å². The Labute approximate surface area is 165 Å². The van der Waals surface area contributed by atoms with Gasteiger partial charge in [-0.2, -0.15) is 0 Å². The van der Waals surface area contributed by atoms with E-state index < -0.39 is 8.32 Å². The zero-order chi connectivity index (χ0) is 18.7. The van der Waals surface area contributed by atoms with E-state index in [0.717, 1.165) is 22.4 Å². The molecule has 0 spiro atoms. The van der Waals surface area contributed by atoms with Crippen molar-refractivity contribution >= 4 is 24.2 Å². The van der Waals surface area contributed by atoms with E-state index in [1.165, 1.54) is 5.56 Å². The molecule has 1 fully saturated rings. The molecule has 2 bridgehead atoms. The van der Waals surface area contributed by atoms with Crippen LogP contribution in [0, 0.1) is 0 Å². The smallest absolute Gasteiger partial charge is 0.231 e. The quantitative estimate of drug-likeness (QED) is 0.613. The second kappa shape index (κ2) is 6.09. The average Bonchev–Trinajstić information content (AvgIpc) is 3.02. The fraction of sp³-hybridized carbons (Fsp3) is 0.600. The fourth-order valence-electron chi connectivity index (χ4n) is 3.69. The molecule has 142 valence electrons. The van der Waals surface area contributed by atoms with E-state index in [0.29, 0.717) is 6.61 Å². The molecule has 0 unspecified atom stereocenters. The van der Waals surface area contributed by atoms with Gasteiger partial charge in [0, 0.05) is 10.9 Å². The highest BCUT2D eigenvalue weighted by Crippen LogP contribution is 2.51. The van der Waals surface area contributed by atoms with Gasteiger partial charge >= 0.3 is 0 Å². The van der Waals surface area contributed by atoms with Crippen molar-refractivity contribution < 1.29 is 18.6 Å². The Morgan fingerprint density at radius 3 is 2.62 bits per heavy atom. The lowest BCUT2D eigenvalue weighted by Gasteiger charge is -2.52. The first-order valence-corrected chi connectivity index (χ1v) is 12.9. The lowest BCUT2D eigenvalue weighted by Crippen LogP contribution is -2.58. The first kappa shape index (κ1) is 18.5. The molecule has 6 heteroatoms. The first-order valence-electron chi connectivity index (χ1n) is 9.20. The van der Waals surface area contributed by atoms with E-state index in [9.17, 15) is 0 Å². The molecule has 1 aromatic rings. The summed E-state index contributed by atoms with van der Waals surface area (Å²) in [6.45, 7) is 12.4. The summed E-state index contributed by atoms with van der Waals surface area (Å²) in [5.74, 6) is 1.61. The standard InChI is InChI=1S/C20H27BrO4Si/c1-19(2,3)26(4,5)25-18-9-16-14(21)10-20(18,11-22-16)13-6-7-15-17(8-13)24-12-23-15/h6-8,10,16,18H,9,11-12H2,1-5H3/t16-,18-,20+/m1/s1. The van der Waals surface area contributed by atoms with E-state index in [-0.39, 0.29) is 29.5 Å². The number of hydrogen-bond acceptors (Lipinski definition) is 4. The molecule has 0 amide bonds. The SMILES string of the molecule is CC(C)(C)[Si](C)(C)O[C@@H]1C[C@H]2OC[C@]1(c1ccc3c(c1)OCO3)C=C2Br. The van der Waals surface area contributed by atoms with Crippen LogP contribution < -0.4 is 9.47 Å². The number of ether oxygens (including phenoxy) is 3. The van der Waals surface area contributed by atoms with Crippen molar-refractivity contribution in [2.45, 2.75) is 62.9 Å². The van der Waals surface area contributed by atoms with Gasteiger partial charge in [0.1, 0.15) is 0 Å². The van der Waals surface area contributed by atoms with Gasteiger partial charge in [-0.3, -0.25) is 0 Å². The van der Waals surface area contributed by atoms with Crippen molar-refractivity contribution in [3.63, 3.8) is 0 Å². The summed E-state index contributed by atoms with van der Waals surface area (Å²) in [5, 5.41) is 0.168. The minimum atomic E-state index is -1.91. The number of hydrogen-bond donors (Lipinski definition) is 0. The highest BCUT2D eigenvalue weighted by Gasteiger charge is 2.53. The maximum Gasteiger partial charge on any atom is 0.231 e. The predicted molar refractivity (Wildman–Crippen MR) is 108 cm³/mol. The lowest BCUT2D eigenvalue weighted by atomic mass is 9.69. The van der Waals surface area contributed by atoms with Gasteiger partial charge in [-0.25, -0.2) is 0 Å². The van der Waals surface area contributed by atoms with E-state index in [1.807, 2.05) is 6.07 Å². The highest BCUT2D eigenvalue weighted by molar-refractivity contribution is 9.11. The summed E-state index contributed by atoms with van der Waals surface area (Å²) in [7, 11) is -1.91. The lowest BCUT2D eigenvalue weighted by molar-refractivity contribution is -0.0745. The molecule has 4 aliphatic rings. The molecule has 3 aliphatic heterocycles. The van der Waals surface area contributed by atoms with Crippen molar-refractivity contribution in [1.82, 2.24) is 0 Å². The van der Waals surface area contributed by atoms with Crippen LogP contribution in [0.3, 0.4) is 0 Å². The van der Waals surface area contributed by atoms with Crippen LogP contribution in [0.15, 0.2) is 28.8 Å². The third-order valence-corrected chi connectivity index (χ3v) is 11.6. The molecule has 4 nitrogen and oxygen atoms in total. The zero-order valence-corrected chi connectivity index (χ0v) is 18.7. The molecule has 0 radical (unpaired) electrons.